The van der Waals surface area contributed by atoms with Crippen LogP contribution in [0.4, 0.5) is 11.5 Å². The van der Waals surface area contributed by atoms with Crippen LogP contribution in [0.25, 0.3) is 0 Å². The standard InChI is InChI=1S/C22H22N4O2/c1-3-26(15-17-8-5-4-6-9-17)22(28)20-12-13-21(25-24-20)23-19-11-7-10-18(14-19)16(2)27/h4-14H,3,15H2,1-2H3,(H,23,25). The molecule has 0 bridgehead atoms. The number of amides is 1. The van der Waals surface area contributed by atoms with E-state index in [1.165, 1.54) is 6.92 Å². The molecule has 142 valence electrons. The smallest absolute Gasteiger partial charge is 0.274 e. The summed E-state index contributed by atoms with van der Waals surface area (Å²) in [5.74, 6) is 0.334. The highest BCUT2D eigenvalue weighted by molar-refractivity contribution is 5.95. The average Bonchev–Trinajstić information content (AvgIpc) is 2.73. The third kappa shape index (κ3) is 4.79. The van der Waals surface area contributed by atoms with Gasteiger partial charge in [-0.1, -0.05) is 42.5 Å². The number of aromatic nitrogens is 2. The normalized spacial score (nSPS) is 10.4. The second kappa shape index (κ2) is 8.90. The van der Waals surface area contributed by atoms with Crippen molar-refractivity contribution in [3.8, 4) is 0 Å². The SMILES string of the molecule is CCN(Cc1ccccc1)C(=O)c1ccc(Nc2cccc(C(C)=O)c2)nn1. The Morgan fingerprint density at radius 3 is 2.39 bits per heavy atom. The van der Waals surface area contributed by atoms with E-state index in [1.807, 2.05) is 43.3 Å². The lowest BCUT2D eigenvalue weighted by Gasteiger charge is -2.20. The molecule has 2 aromatic carbocycles. The zero-order valence-electron chi connectivity index (χ0n) is 15.9. The Balaban J connectivity index is 1.70. The van der Waals surface area contributed by atoms with Crippen LogP contribution >= 0.6 is 0 Å². The van der Waals surface area contributed by atoms with Gasteiger partial charge in [0.25, 0.3) is 5.91 Å². The van der Waals surface area contributed by atoms with Crippen LogP contribution in [0.1, 0.15) is 40.3 Å². The number of Topliss-reactive ketones (excluding diaryl/α,β-unsaturated/α-hetero) is 1. The predicted molar refractivity (Wildman–Crippen MR) is 109 cm³/mol. The van der Waals surface area contributed by atoms with Crippen LogP contribution < -0.4 is 5.32 Å². The average molecular weight is 374 g/mol. The Morgan fingerprint density at radius 1 is 0.964 bits per heavy atom. The Hall–Kier alpha value is -3.54. The second-order valence-corrected chi connectivity index (χ2v) is 6.37. The molecule has 0 fully saturated rings. The number of rotatable bonds is 7. The van der Waals surface area contributed by atoms with Crippen LogP contribution in [-0.4, -0.2) is 33.3 Å². The molecule has 6 nitrogen and oxygen atoms in total. The van der Waals surface area contributed by atoms with Gasteiger partial charge in [0.2, 0.25) is 0 Å². The lowest BCUT2D eigenvalue weighted by atomic mass is 10.1. The molecule has 1 amide bonds. The second-order valence-electron chi connectivity index (χ2n) is 6.37. The van der Waals surface area contributed by atoms with Gasteiger partial charge in [0.1, 0.15) is 0 Å². The number of hydrogen-bond donors (Lipinski definition) is 1. The molecule has 0 aliphatic heterocycles. The van der Waals surface area contributed by atoms with E-state index in [9.17, 15) is 9.59 Å². The molecule has 0 saturated heterocycles. The predicted octanol–water partition coefficient (Wildman–Crippen LogP) is 4.09. The molecule has 0 atom stereocenters. The summed E-state index contributed by atoms with van der Waals surface area (Å²) < 4.78 is 0. The summed E-state index contributed by atoms with van der Waals surface area (Å²) in [6.07, 6.45) is 0. The van der Waals surface area contributed by atoms with E-state index in [-0.39, 0.29) is 11.7 Å². The summed E-state index contributed by atoms with van der Waals surface area (Å²) in [6.45, 7) is 4.56. The number of nitrogens with one attached hydrogen (secondary N) is 1. The van der Waals surface area contributed by atoms with E-state index >= 15 is 0 Å². The first kappa shape index (κ1) is 19.2. The molecule has 0 aliphatic rings. The van der Waals surface area contributed by atoms with Crippen molar-refractivity contribution in [1.29, 1.82) is 0 Å². The number of hydrogen-bond acceptors (Lipinski definition) is 5. The lowest BCUT2D eigenvalue weighted by molar-refractivity contribution is 0.0745. The van der Waals surface area contributed by atoms with Crippen LogP contribution in [-0.2, 0) is 6.54 Å². The van der Waals surface area contributed by atoms with Crippen molar-refractivity contribution in [2.75, 3.05) is 11.9 Å². The van der Waals surface area contributed by atoms with Gasteiger partial charge < -0.3 is 10.2 Å². The summed E-state index contributed by atoms with van der Waals surface area (Å²) >= 11 is 0. The fourth-order valence-electron chi connectivity index (χ4n) is 2.77. The monoisotopic (exact) mass is 374 g/mol. The van der Waals surface area contributed by atoms with Crippen molar-refractivity contribution >= 4 is 23.2 Å². The van der Waals surface area contributed by atoms with Crippen LogP contribution in [0.2, 0.25) is 0 Å². The van der Waals surface area contributed by atoms with Gasteiger partial charge in [0, 0.05) is 24.3 Å². The number of nitrogens with zero attached hydrogens (tertiary/aromatic N) is 3. The van der Waals surface area contributed by atoms with E-state index < -0.39 is 0 Å². The summed E-state index contributed by atoms with van der Waals surface area (Å²) in [4.78, 5) is 26.0. The Kier molecular flexibility index (Phi) is 6.11. The molecule has 3 aromatic rings. The maximum atomic E-state index is 12.7. The van der Waals surface area contributed by atoms with E-state index in [0.717, 1.165) is 11.3 Å². The minimum absolute atomic E-state index is 0.00579. The topological polar surface area (TPSA) is 75.2 Å². The summed E-state index contributed by atoms with van der Waals surface area (Å²) in [5.41, 5.74) is 2.71. The van der Waals surface area contributed by atoms with Crippen LogP contribution in [0.5, 0.6) is 0 Å². The minimum Gasteiger partial charge on any atom is -0.339 e. The minimum atomic E-state index is -0.163. The van der Waals surface area contributed by atoms with E-state index in [4.69, 9.17) is 0 Å². The maximum Gasteiger partial charge on any atom is 0.274 e. The Bertz CT molecular complexity index is 956. The van der Waals surface area contributed by atoms with Gasteiger partial charge in [-0.3, -0.25) is 9.59 Å². The number of anilines is 2. The van der Waals surface area contributed by atoms with E-state index in [2.05, 4.69) is 15.5 Å². The molecule has 0 unspecified atom stereocenters. The van der Waals surface area contributed by atoms with Gasteiger partial charge in [-0.25, -0.2) is 0 Å². The van der Waals surface area contributed by atoms with E-state index in [1.54, 1.807) is 35.2 Å². The summed E-state index contributed by atoms with van der Waals surface area (Å²) in [7, 11) is 0. The molecule has 0 aliphatic carbocycles. The molecular weight excluding hydrogens is 352 g/mol. The molecule has 1 heterocycles. The molecule has 28 heavy (non-hydrogen) atoms. The van der Waals surface area contributed by atoms with Gasteiger partial charge in [0.15, 0.2) is 17.3 Å². The lowest BCUT2D eigenvalue weighted by Crippen LogP contribution is -2.31. The molecule has 1 N–H and O–H groups in total. The zero-order chi connectivity index (χ0) is 19.9. The van der Waals surface area contributed by atoms with Crippen molar-refractivity contribution in [3.63, 3.8) is 0 Å². The molecule has 0 saturated carbocycles. The first-order chi connectivity index (χ1) is 13.6. The molecule has 1 aromatic heterocycles. The van der Waals surface area contributed by atoms with Gasteiger partial charge >= 0.3 is 0 Å². The molecule has 3 rings (SSSR count). The van der Waals surface area contributed by atoms with Gasteiger partial charge in [-0.15, -0.1) is 10.2 Å². The van der Waals surface area contributed by atoms with E-state index in [0.29, 0.717) is 30.2 Å². The summed E-state index contributed by atoms with van der Waals surface area (Å²) in [6, 6.07) is 20.3. The fourth-order valence-corrected chi connectivity index (χ4v) is 2.77. The number of ketones is 1. The van der Waals surface area contributed by atoms with Gasteiger partial charge in [-0.05, 0) is 43.7 Å². The van der Waals surface area contributed by atoms with Crippen molar-refractivity contribution in [3.05, 3.63) is 83.6 Å². The highest BCUT2D eigenvalue weighted by Gasteiger charge is 2.16. The molecule has 0 radical (unpaired) electrons. The third-order valence-corrected chi connectivity index (χ3v) is 4.31. The Labute approximate surface area is 164 Å². The van der Waals surface area contributed by atoms with Crippen LogP contribution in [0, 0.1) is 0 Å². The zero-order valence-corrected chi connectivity index (χ0v) is 15.9. The van der Waals surface area contributed by atoms with Crippen LogP contribution in [0.3, 0.4) is 0 Å². The first-order valence-electron chi connectivity index (χ1n) is 9.11. The molecule has 6 heteroatoms. The first-order valence-corrected chi connectivity index (χ1v) is 9.11. The fraction of sp³-hybridized carbons (Fsp3) is 0.182. The Morgan fingerprint density at radius 2 is 1.75 bits per heavy atom. The van der Waals surface area contributed by atoms with Crippen molar-refractivity contribution in [2.24, 2.45) is 0 Å². The highest BCUT2D eigenvalue weighted by atomic mass is 16.2. The van der Waals surface area contributed by atoms with Crippen molar-refractivity contribution < 1.29 is 9.59 Å². The number of carbonyl (C=O) groups excluding carboxylic acids is 2. The summed E-state index contributed by atoms with van der Waals surface area (Å²) in [5, 5.41) is 11.3. The van der Waals surface area contributed by atoms with Crippen molar-refractivity contribution in [1.82, 2.24) is 15.1 Å². The van der Waals surface area contributed by atoms with Gasteiger partial charge in [0.05, 0.1) is 0 Å². The highest BCUT2D eigenvalue weighted by Crippen LogP contribution is 2.16. The quantitative estimate of drug-likeness (QED) is 0.631. The van der Waals surface area contributed by atoms with Crippen LogP contribution in [0.15, 0.2) is 66.7 Å². The number of carbonyl (C=O) groups is 2. The number of benzene rings is 2. The van der Waals surface area contributed by atoms with Crippen molar-refractivity contribution in [2.45, 2.75) is 20.4 Å². The molecular formula is C22H22N4O2. The van der Waals surface area contributed by atoms with Gasteiger partial charge in [-0.2, -0.15) is 0 Å². The molecule has 0 spiro atoms. The third-order valence-electron chi connectivity index (χ3n) is 4.31. The largest absolute Gasteiger partial charge is 0.339 e. The maximum absolute atomic E-state index is 12.7.